The molecule has 1 amide bonds. The third-order valence-corrected chi connectivity index (χ3v) is 1.69. The molecule has 0 heterocycles. The topological polar surface area (TPSA) is 29.1 Å². The Morgan fingerprint density at radius 1 is 1.54 bits per heavy atom. The first kappa shape index (κ1) is 9.99. The van der Waals surface area contributed by atoms with Crippen LogP contribution in [0.15, 0.2) is 24.3 Å². The van der Waals surface area contributed by atoms with Gasteiger partial charge in [0.25, 0.3) is 0 Å². The van der Waals surface area contributed by atoms with Crippen LogP contribution in [-0.2, 0) is 4.79 Å². The van der Waals surface area contributed by atoms with Gasteiger partial charge in [-0.15, -0.1) is 11.6 Å². The summed E-state index contributed by atoms with van der Waals surface area (Å²) in [6.07, 6.45) is 0. The van der Waals surface area contributed by atoms with Gasteiger partial charge in [-0.1, -0.05) is 12.1 Å². The molecule has 0 radical (unpaired) electrons. The smallest absolute Gasteiger partial charge is 0.242 e. The number of carbonyl (C=O) groups is 1. The Kier molecular flexibility index (Phi) is 3.25. The summed E-state index contributed by atoms with van der Waals surface area (Å²) in [4.78, 5) is 11.1. The van der Waals surface area contributed by atoms with E-state index < -0.39 is 17.1 Å². The lowest BCUT2D eigenvalue weighted by atomic mass is 10.3. The molecule has 70 valence electrons. The number of carbonyl (C=O) groups excluding carboxylic acids is 1. The first-order valence-electron chi connectivity index (χ1n) is 3.80. The maximum atomic E-state index is 13.0. The number of hydrogen-bond acceptors (Lipinski definition) is 1. The van der Waals surface area contributed by atoms with Crippen molar-refractivity contribution in [1.29, 1.82) is 0 Å². The van der Waals surface area contributed by atoms with E-state index in [1.807, 2.05) is 0 Å². The quantitative estimate of drug-likeness (QED) is 0.732. The van der Waals surface area contributed by atoms with E-state index in [0.717, 1.165) is 0 Å². The highest BCUT2D eigenvalue weighted by atomic mass is 35.5. The molecule has 0 bridgehead atoms. The van der Waals surface area contributed by atoms with E-state index in [2.05, 4.69) is 5.32 Å². The van der Waals surface area contributed by atoms with E-state index in [4.69, 9.17) is 11.6 Å². The molecule has 1 rings (SSSR count). The summed E-state index contributed by atoms with van der Waals surface area (Å²) in [6.45, 7) is 1.53. The Labute approximate surface area is 80.7 Å². The van der Waals surface area contributed by atoms with Crippen LogP contribution in [0, 0.1) is 5.82 Å². The Bertz CT molecular complexity index is 314. The van der Waals surface area contributed by atoms with E-state index in [-0.39, 0.29) is 5.69 Å². The largest absolute Gasteiger partial charge is 0.322 e. The number of amides is 1. The van der Waals surface area contributed by atoms with Crippen LogP contribution in [0.25, 0.3) is 0 Å². The van der Waals surface area contributed by atoms with E-state index >= 15 is 0 Å². The molecular formula is C9H9ClFNO. The lowest BCUT2D eigenvalue weighted by Crippen LogP contribution is -2.20. The molecule has 1 N–H and O–H groups in total. The standard InChI is InChI=1S/C9H9ClFNO/c1-6(10)9(13)12-8-5-3-2-4-7(8)11/h2-6H,1H3,(H,12,13)/t6-/m1/s1. The van der Waals surface area contributed by atoms with Gasteiger partial charge in [-0.3, -0.25) is 4.79 Å². The summed E-state index contributed by atoms with van der Waals surface area (Å²) in [5, 5.41) is 1.70. The van der Waals surface area contributed by atoms with E-state index in [9.17, 15) is 9.18 Å². The first-order chi connectivity index (χ1) is 6.11. The molecule has 2 nitrogen and oxygen atoms in total. The number of nitrogens with one attached hydrogen (secondary N) is 1. The zero-order valence-corrected chi connectivity index (χ0v) is 7.81. The number of para-hydroxylation sites is 1. The second-order valence-electron chi connectivity index (χ2n) is 2.59. The number of rotatable bonds is 2. The molecule has 1 aromatic rings. The average molecular weight is 202 g/mol. The third kappa shape index (κ3) is 2.70. The Balaban J connectivity index is 2.75. The van der Waals surface area contributed by atoms with Crippen LogP contribution >= 0.6 is 11.6 Å². The van der Waals surface area contributed by atoms with Crippen molar-refractivity contribution in [3.05, 3.63) is 30.1 Å². The minimum absolute atomic E-state index is 0.153. The van der Waals surface area contributed by atoms with Crippen LogP contribution in [0.2, 0.25) is 0 Å². The first-order valence-corrected chi connectivity index (χ1v) is 4.24. The highest BCUT2D eigenvalue weighted by Gasteiger charge is 2.10. The summed E-state index contributed by atoms with van der Waals surface area (Å²) < 4.78 is 13.0. The average Bonchev–Trinajstić information content (AvgIpc) is 2.08. The summed E-state index contributed by atoms with van der Waals surface area (Å²) in [5.74, 6) is -0.875. The van der Waals surface area contributed by atoms with Crippen molar-refractivity contribution in [2.75, 3.05) is 5.32 Å². The second-order valence-corrected chi connectivity index (χ2v) is 3.24. The fourth-order valence-corrected chi connectivity index (χ4v) is 0.849. The number of anilines is 1. The summed E-state index contributed by atoms with van der Waals surface area (Å²) in [5.41, 5.74) is 0.153. The van der Waals surface area contributed by atoms with E-state index in [1.165, 1.54) is 19.1 Å². The van der Waals surface area contributed by atoms with Gasteiger partial charge in [-0.25, -0.2) is 4.39 Å². The molecule has 0 aliphatic carbocycles. The summed E-state index contributed by atoms with van der Waals surface area (Å²) >= 11 is 5.50. The highest BCUT2D eigenvalue weighted by molar-refractivity contribution is 6.32. The minimum Gasteiger partial charge on any atom is -0.322 e. The molecule has 0 saturated carbocycles. The molecule has 13 heavy (non-hydrogen) atoms. The zero-order valence-electron chi connectivity index (χ0n) is 7.05. The number of benzene rings is 1. The molecule has 0 aliphatic rings. The lowest BCUT2D eigenvalue weighted by Gasteiger charge is -2.06. The van der Waals surface area contributed by atoms with E-state index in [1.54, 1.807) is 12.1 Å². The van der Waals surface area contributed by atoms with Gasteiger partial charge in [0.05, 0.1) is 5.69 Å². The Hall–Kier alpha value is -1.09. The number of hydrogen-bond donors (Lipinski definition) is 1. The van der Waals surface area contributed by atoms with Crippen molar-refractivity contribution in [1.82, 2.24) is 0 Å². The SMILES string of the molecule is C[C@@H](Cl)C(=O)Nc1ccccc1F. The fraction of sp³-hybridized carbons (Fsp3) is 0.222. The van der Waals surface area contributed by atoms with Gasteiger partial charge >= 0.3 is 0 Å². The molecule has 0 saturated heterocycles. The van der Waals surface area contributed by atoms with Gasteiger partial charge in [0.2, 0.25) is 5.91 Å². The normalized spacial score (nSPS) is 12.2. The van der Waals surface area contributed by atoms with Crippen molar-refractivity contribution in [3.8, 4) is 0 Å². The van der Waals surface area contributed by atoms with Crippen molar-refractivity contribution in [3.63, 3.8) is 0 Å². The molecule has 0 aromatic heterocycles. The second kappa shape index (κ2) is 4.23. The number of alkyl halides is 1. The van der Waals surface area contributed by atoms with Crippen LogP contribution in [0.4, 0.5) is 10.1 Å². The van der Waals surface area contributed by atoms with Gasteiger partial charge < -0.3 is 5.32 Å². The van der Waals surface area contributed by atoms with Crippen molar-refractivity contribution in [2.45, 2.75) is 12.3 Å². The van der Waals surface area contributed by atoms with Crippen LogP contribution in [0.3, 0.4) is 0 Å². The van der Waals surface area contributed by atoms with Gasteiger partial charge in [-0.2, -0.15) is 0 Å². The van der Waals surface area contributed by atoms with Crippen molar-refractivity contribution in [2.24, 2.45) is 0 Å². The van der Waals surface area contributed by atoms with Crippen LogP contribution < -0.4 is 5.32 Å². The lowest BCUT2D eigenvalue weighted by molar-refractivity contribution is -0.115. The highest BCUT2D eigenvalue weighted by Crippen LogP contribution is 2.13. The molecule has 1 aromatic carbocycles. The van der Waals surface area contributed by atoms with Gasteiger partial charge in [-0.05, 0) is 19.1 Å². The van der Waals surface area contributed by atoms with Crippen molar-refractivity contribution >= 4 is 23.2 Å². The Morgan fingerprint density at radius 2 is 2.15 bits per heavy atom. The molecule has 0 spiro atoms. The Morgan fingerprint density at radius 3 is 2.69 bits per heavy atom. The third-order valence-electron chi connectivity index (χ3n) is 1.49. The number of halogens is 2. The van der Waals surface area contributed by atoms with Gasteiger partial charge in [0.1, 0.15) is 11.2 Å². The van der Waals surface area contributed by atoms with Crippen molar-refractivity contribution < 1.29 is 9.18 Å². The molecule has 4 heteroatoms. The predicted molar refractivity (Wildman–Crippen MR) is 50.3 cm³/mol. The van der Waals surface area contributed by atoms with Gasteiger partial charge in [0, 0.05) is 0 Å². The molecule has 1 atom stereocenters. The summed E-state index contributed by atoms with van der Waals surface area (Å²) in [6, 6.07) is 5.94. The molecule has 0 aliphatic heterocycles. The monoisotopic (exact) mass is 201 g/mol. The van der Waals surface area contributed by atoms with E-state index in [0.29, 0.717) is 0 Å². The fourth-order valence-electron chi connectivity index (χ4n) is 0.795. The zero-order chi connectivity index (χ0) is 9.84. The maximum absolute atomic E-state index is 13.0. The van der Waals surface area contributed by atoms with Crippen LogP contribution in [-0.4, -0.2) is 11.3 Å². The molecule has 0 fully saturated rings. The minimum atomic E-state index is -0.667. The summed E-state index contributed by atoms with van der Waals surface area (Å²) in [7, 11) is 0. The van der Waals surface area contributed by atoms with Crippen LogP contribution in [0.1, 0.15) is 6.92 Å². The van der Waals surface area contributed by atoms with Crippen LogP contribution in [0.5, 0.6) is 0 Å². The molecular weight excluding hydrogens is 193 g/mol. The predicted octanol–water partition coefficient (Wildman–Crippen LogP) is 2.39. The molecule has 0 unspecified atom stereocenters. The van der Waals surface area contributed by atoms with Gasteiger partial charge in [0.15, 0.2) is 0 Å². The maximum Gasteiger partial charge on any atom is 0.242 e.